The Labute approximate surface area is 123 Å². The highest BCUT2D eigenvalue weighted by Crippen LogP contribution is 2.37. The van der Waals surface area contributed by atoms with E-state index in [0.29, 0.717) is 6.04 Å². The first-order valence-electron chi connectivity index (χ1n) is 7.32. The molecule has 0 aromatic carbocycles. The molecular formula is C15H19ClN2O2. The molecule has 0 radical (unpaired) electrons. The van der Waals surface area contributed by atoms with Crippen LogP contribution in [0.25, 0.3) is 0 Å². The monoisotopic (exact) mass is 294 g/mol. The maximum atomic E-state index is 11.2. The van der Waals surface area contributed by atoms with Gasteiger partial charge in [0.05, 0.1) is 10.6 Å². The van der Waals surface area contributed by atoms with Crippen LogP contribution in [0.3, 0.4) is 0 Å². The van der Waals surface area contributed by atoms with Gasteiger partial charge in [0.1, 0.15) is 5.82 Å². The number of aromatic carboxylic acids is 1. The highest BCUT2D eigenvalue weighted by Gasteiger charge is 2.34. The fraction of sp³-hybridized carbons (Fsp3) is 0.600. The third kappa shape index (κ3) is 2.49. The molecule has 1 aromatic rings. The zero-order chi connectivity index (χ0) is 14.1. The van der Waals surface area contributed by atoms with Crippen molar-refractivity contribution >= 4 is 23.4 Å². The molecule has 2 heterocycles. The Balaban J connectivity index is 1.87. The molecule has 20 heavy (non-hydrogen) atoms. The number of hydrogen-bond donors (Lipinski definition) is 1. The van der Waals surface area contributed by atoms with Crippen LogP contribution in [0.2, 0.25) is 5.02 Å². The molecule has 0 amide bonds. The van der Waals surface area contributed by atoms with Crippen molar-refractivity contribution in [2.24, 2.45) is 5.92 Å². The molecule has 2 aliphatic rings. The van der Waals surface area contributed by atoms with Crippen LogP contribution >= 0.6 is 11.6 Å². The van der Waals surface area contributed by atoms with Gasteiger partial charge in [-0.25, -0.2) is 9.78 Å². The zero-order valence-electron chi connectivity index (χ0n) is 11.4. The smallest absolute Gasteiger partial charge is 0.337 e. The van der Waals surface area contributed by atoms with Gasteiger partial charge < -0.3 is 10.0 Å². The van der Waals surface area contributed by atoms with Crippen molar-refractivity contribution in [3.63, 3.8) is 0 Å². The second-order valence-electron chi connectivity index (χ2n) is 5.78. The molecular weight excluding hydrogens is 276 g/mol. The molecule has 1 atom stereocenters. The van der Waals surface area contributed by atoms with E-state index in [1.54, 1.807) is 6.07 Å². The van der Waals surface area contributed by atoms with Crippen LogP contribution in [0.5, 0.6) is 0 Å². The van der Waals surface area contributed by atoms with Crippen LogP contribution in [0.4, 0.5) is 5.82 Å². The van der Waals surface area contributed by atoms with Gasteiger partial charge in [0.15, 0.2) is 0 Å². The van der Waals surface area contributed by atoms with Gasteiger partial charge in [-0.2, -0.15) is 0 Å². The summed E-state index contributed by atoms with van der Waals surface area (Å²) in [5.41, 5.74) is 0.147. The zero-order valence-corrected chi connectivity index (χ0v) is 12.1. The summed E-state index contributed by atoms with van der Waals surface area (Å²) < 4.78 is 0. The largest absolute Gasteiger partial charge is 0.478 e. The summed E-state index contributed by atoms with van der Waals surface area (Å²) in [4.78, 5) is 17.8. The van der Waals surface area contributed by atoms with Gasteiger partial charge in [-0.05, 0) is 37.7 Å². The predicted molar refractivity (Wildman–Crippen MR) is 78.5 cm³/mol. The minimum absolute atomic E-state index is 0.147. The molecule has 1 unspecified atom stereocenters. The second-order valence-corrected chi connectivity index (χ2v) is 6.18. The quantitative estimate of drug-likeness (QED) is 0.925. The van der Waals surface area contributed by atoms with E-state index in [4.69, 9.17) is 11.6 Å². The lowest BCUT2D eigenvalue weighted by Crippen LogP contribution is -2.35. The number of carbonyl (C=O) groups is 1. The number of carboxylic acid groups (broad SMARTS) is 1. The molecule has 1 saturated heterocycles. The maximum absolute atomic E-state index is 11.2. The summed E-state index contributed by atoms with van der Waals surface area (Å²) in [7, 11) is 0. The molecule has 0 bridgehead atoms. The van der Waals surface area contributed by atoms with E-state index in [-0.39, 0.29) is 10.6 Å². The van der Waals surface area contributed by atoms with Crippen LogP contribution < -0.4 is 4.90 Å². The van der Waals surface area contributed by atoms with Gasteiger partial charge in [0, 0.05) is 18.8 Å². The topological polar surface area (TPSA) is 53.4 Å². The van der Waals surface area contributed by atoms with E-state index < -0.39 is 5.97 Å². The van der Waals surface area contributed by atoms with E-state index in [1.807, 2.05) is 0 Å². The van der Waals surface area contributed by atoms with E-state index in [1.165, 1.54) is 38.3 Å². The standard InChI is InChI=1S/C15H19ClN2O2/c16-12-9-17-14(8-11(12)15(19)20)18-7-3-6-13(18)10-4-1-2-5-10/h8-10,13H,1-7H2,(H,19,20). The van der Waals surface area contributed by atoms with Gasteiger partial charge in [-0.15, -0.1) is 0 Å². The number of carboxylic acids is 1. The minimum atomic E-state index is -0.990. The van der Waals surface area contributed by atoms with Crippen molar-refractivity contribution in [1.29, 1.82) is 0 Å². The lowest BCUT2D eigenvalue weighted by molar-refractivity contribution is 0.0697. The van der Waals surface area contributed by atoms with Crippen molar-refractivity contribution in [1.82, 2.24) is 4.98 Å². The van der Waals surface area contributed by atoms with Crippen molar-refractivity contribution in [2.75, 3.05) is 11.4 Å². The fourth-order valence-electron chi connectivity index (χ4n) is 3.66. The first-order chi connectivity index (χ1) is 9.66. The number of hydrogen-bond acceptors (Lipinski definition) is 3. The highest BCUT2D eigenvalue weighted by molar-refractivity contribution is 6.33. The number of anilines is 1. The predicted octanol–water partition coefficient (Wildman–Crippen LogP) is 3.59. The molecule has 2 fully saturated rings. The van der Waals surface area contributed by atoms with E-state index in [0.717, 1.165) is 24.7 Å². The molecule has 1 N–H and O–H groups in total. The Morgan fingerprint density at radius 2 is 2.05 bits per heavy atom. The first kappa shape index (κ1) is 13.7. The van der Waals surface area contributed by atoms with Crippen molar-refractivity contribution in [3.8, 4) is 0 Å². The number of rotatable bonds is 3. The van der Waals surface area contributed by atoms with Crippen LogP contribution in [-0.2, 0) is 0 Å². The first-order valence-corrected chi connectivity index (χ1v) is 7.70. The molecule has 1 aliphatic heterocycles. The fourth-order valence-corrected chi connectivity index (χ4v) is 3.84. The van der Waals surface area contributed by atoms with Gasteiger partial charge in [0.25, 0.3) is 0 Å². The summed E-state index contributed by atoms with van der Waals surface area (Å²) in [5, 5.41) is 9.39. The average Bonchev–Trinajstić information content (AvgIpc) is 3.09. The van der Waals surface area contributed by atoms with E-state index >= 15 is 0 Å². The molecule has 1 saturated carbocycles. The third-order valence-corrected chi connectivity index (χ3v) is 4.91. The average molecular weight is 295 g/mol. The van der Waals surface area contributed by atoms with Crippen molar-refractivity contribution < 1.29 is 9.90 Å². The number of nitrogens with zero attached hydrogens (tertiary/aromatic N) is 2. The highest BCUT2D eigenvalue weighted by atomic mass is 35.5. The number of aromatic nitrogens is 1. The summed E-state index contributed by atoms with van der Waals surface area (Å²) in [5.74, 6) is 0.514. The summed E-state index contributed by atoms with van der Waals surface area (Å²) in [6.07, 6.45) is 9.05. The normalized spacial score (nSPS) is 23.4. The third-order valence-electron chi connectivity index (χ3n) is 4.61. The number of pyridine rings is 1. The summed E-state index contributed by atoms with van der Waals surface area (Å²) >= 11 is 5.90. The van der Waals surface area contributed by atoms with Crippen LogP contribution in [0.15, 0.2) is 12.3 Å². The molecule has 1 aromatic heterocycles. The summed E-state index contributed by atoms with van der Waals surface area (Å²) in [6.45, 7) is 0.967. The van der Waals surface area contributed by atoms with Gasteiger partial charge in [-0.3, -0.25) is 0 Å². The number of halogens is 1. The van der Waals surface area contributed by atoms with Crippen LogP contribution in [0, 0.1) is 5.92 Å². The second kappa shape index (κ2) is 5.60. The van der Waals surface area contributed by atoms with Crippen LogP contribution in [0.1, 0.15) is 48.9 Å². The minimum Gasteiger partial charge on any atom is -0.478 e. The Hall–Kier alpha value is -1.29. The van der Waals surface area contributed by atoms with E-state index in [2.05, 4.69) is 9.88 Å². The SMILES string of the molecule is O=C(O)c1cc(N2CCCC2C2CCCC2)ncc1Cl. The molecule has 4 nitrogen and oxygen atoms in total. The molecule has 1 aliphatic carbocycles. The van der Waals surface area contributed by atoms with Gasteiger partial charge in [0.2, 0.25) is 0 Å². The molecule has 108 valence electrons. The Bertz CT molecular complexity index is 515. The lowest BCUT2D eigenvalue weighted by atomic mass is 9.96. The Morgan fingerprint density at radius 3 is 2.75 bits per heavy atom. The van der Waals surface area contributed by atoms with Gasteiger partial charge in [-0.1, -0.05) is 24.4 Å². The maximum Gasteiger partial charge on any atom is 0.337 e. The molecule has 3 rings (SSSR count). The van der Waals surface area contributed by atoms with Crippen molar-refractivity contribution in [3.05, 3.63) is 22.8 Å². The van der Waals surface area contributed by atoms with Gasteiger partial charge >= 0.3 is 5.97 Å². The Morgan fingerprint density at radius 1 is 1.30 bits per heavy atom. The summed E-state index contributed by atoms with van der Waals surface area (Å²) in [6, 6.07) is 2.14. The van der Waals surface area contributed by atoms with E-state index in [9.17, 15) is 9.90 Å². The van der Waals surface area contributed by atoms with Crippen molar-refractivity contribution in [2.45, 2.75) is 44.6 Å². The van der Waals surface area contributed by atoms with Crippen LogP contribution in [-0.4, -0.2) is 28.6 Å². The molecule has 5 heteroatoms. The molecule has 0 spiro atoms. The Kier molecular flexibility index (Phi) is 3.83. The lowest BCUT2D eigenvalue weighted by Gasteiger charge is -2.30.